The largest absolute Gasteiger partial charge is 0.423 e. The van der Waals surface area contributed by atoms with Gasteiger partial charge >= 0.3 is 12.2 Å². The van der Waals surface area contributed by atoms with Crippen molar-refractivity contribution in [2.45, 2.75) is 65.0 Å². The number of benzene rings is 1. The highest BCUT2D eigenvalue weighted by Gasteiger charge is 2.39. The molecule has 1 heterocycles. The van der Waals surface area contributed by atoms with Crippen LogP contribution in [0.15, 0.2) is 18.2 Å². The molecule has 1 unspecified atom stereocenters. The average Bonchev–Trinajstić information content (AvgIpc) is 2.99. The summed E-state index contributed by atoms with van der Waals surface area (Å²) in [6.07, 6.45) is -1.14. The summed E-state index contributed by atoms with van der Waals surface area (Å²) in [6, 6.07) is 2.60. The molecule has 0 radical (unpaired) electrons. The third-order valence-corrected chi connectivity index (χ3v) is 5.62. The van der Waals surface area contributed by atoms with Crippen LogP contribution in [-0.4, -0.2) is 34.9 Å². The molecular formula is C21H28F3N3O4. The highest BCUT2D eigenvalue weighted by atomic mass is 19.4. The first-order valence-electron chi connectivity index (χ1n) is 10.3. The predicted molar refractivity (Wildman–Crippen MR) is 108 cm³/mol. The molecule has 1 aliphatic heterocycles. The van der Waals surface area contributed by atoms with Crippen LogP contribution in [0.2, 0.25) is 0 Å². The number of nitro benzene ring substituents is 1. The van der Waals surface area contributed by atoms with Gasteiger partial charge in [0.15, 0.2) is 0 Å². The van der Waals surface area contributed by atoms with E-state index in [1.54, 1.807) is 0 Å². The van der Waals surface area contributed by atoms with E-state index >= 15 is 0 Å². The van der Waals surface area contributed by atoms with Crippen LogP contribution in [0, 0.1) is 15.5 Å². The first kappa shape index (κ1) is 24.6. The number of alkyl halides is 3. The molecular weight excluding hydrogens is 415 g/mol. The Morgan fingerprint density at radius 3 is 2.45 bits per heavy atom. The molecule has 0 aromatic heterocycles. The van der Waals surface area contributed by atoms with E-state index in [9.17, 15) is 32.9 Å². The molecule has 0 bridgehead atoms. The molecule has 0 saturated carbocycles. The molecule has 31 heavy (non-hydrogen) atoms. The number of carbonyl (C=O) groups is 2. The number of urea groups is 1. The van der Waals surface area contributed by atoms with Crippen molar-refractivity contribution < 1.29 is 27.7 Å². The van der Waals surface area contributed by atoms with Crippen molar-refractivity contribution in [3.8, 4) is 0 Å². The maximum Gasteiger partial charge on any atom is 0.423 e. The standard InChI is InChI=1S/C21H28F3N3O4/c1-4-5-9-20(2,3)12-15(8-10-26-13-18(28)25-19(26)29)14-6-7-17(27(30)31)16(11-14)21(22,23)24/h6-7,11,15H,4-5,8-10,12-13H2,1-3H3,(H,25,28,29). The van der Waals surface area contributed by atoms with E-state index in [2.05, 4.69) is 12.2 Å². The molecule has 1 aromatic rings. The first-order valence-corrected chi connectivity index (χ1v) is 10.3. The number of amides is 3. The van der Waals surface area contributed by atoms with Gasteiger partial charge in [0, 0.05) is 12.6 Å². The van der Waals surface area contributed by atoms with Gasteiger partial charge < -0.3 is 4.90 Å². The second-order valence-corrected chi connectivity index (χ2v) is 8.76. The quantitative estimate of drug-likeness (QED) is 0.304. The minimum absolute atomic E-state index is 0.0845. The molecule has 0 spiro atoms. The number of hydrogen-bond donors (Lipinski definition) is 1. The fourth-order valence-corrected chi connectivity index (χ4v) is 3.98. The molecule has 7 nitrogen and oxygen atoms in total. The van der Waals surface area contributed by atoms with Gasteiger partial charge in [0.1, 0.15) is 12.1 Å². The van der Waals surface area contributed by atoms with E-state index in [1.165, 1.54) is 11.0 Å². The molecule has 1 aromatic carbocycles. The molecule has 1 aliphatic rings. The van der Waals surface area contributed by atoms with Crippen molar-refractivity contribution in [1.29, 1.82) is 0 Å². The number of nitrogens with zero attached hydrogens (tertiary/aromatic N) is 2. The second kappa shape index (κ2) is 9.65. The molecule has 1 atom stereocenters. The maximum atomic E-state index is 13.5. The maximum absolute atomic E-state index is 13.5. The highest BCUT2D eigenvalue weighted by Crippen LogP contribution is 2.42. The Hall–Kier alpha value is -2.65. The molecule has 0 aliphatic carbocycles. The lowest BCUT2D eigenvalue weighted by molar-refractivity contribution is -0.388. The van der Waals surface area contributed by atoms with Crippen molar-refractivity contribution in [1.82, 2.24) is 10.2 Å². The zero-order valence-corrected chi connectivity index (χ0v) is 17.9. The predicted octanol–water partition coefficient (Wildman–Crippen LogP) is 5.25. The summed E-state index contributed by atoms with van der Waals surface area (Å²) in [5, 5.41) is 13.3. The Bertz CT molecular complexity index is 840. The Morgan fingerprint density at radius 2 is 1.94 bits per heavy atom. The summed E-state index contributed by atoms with van der Waals surface area (Å²) in [4.78, 5) is 34.6. The van der Waals surface area contributed by atoms with Gasteiger partial charge in [-0.05, 0) is 42.2 Å². The number of nitrogens with one attached hydrogen (secondary N) is 1. The number of imide groups is 1. The Labute approximate surface area is 179 Å². The van der Waals surface area contributed by atoms with E-state index in [1.807, 2.05) is 13.8 Å². The van der Waals surface area contributed by atoms with Crippen LogP contribution in [0.4, 0.5) is 23.7 Å². The number of unbranched alkanes of at least 4 members (excludes halogenated alkanes) is 1. The summed E-state index contributed by atoms with van der Waals surface area (Å²) >= 11 is 0. The summed E-state index contributed by atoms with van der Waals surface area (Å²) in [5.74, 6) is -0.781. The molecule has 172 valence electrons. The van der Waals surface area contributed by atoms with Gasteiger partial charge in [0.05, 0.1) is 4.92 Å². The minimum Gasteiger partial charge on any atom is -0.315 e. The summed E-state index contributed by atoms with van der Waals surface area (Å²) < 4.78 is 40.4. The average molecular weight is 443 g/mol. The van der Waals surface area contributed by atoms with Gasteiger partial charge in [0.2, 0.25) is 5.91 Å². The minimum atomic E-state index is -4.86. The smallest absolute Gasteiger partial charge is 0.315 e. The number of rotatable bonds is 10. The lowest BCUT2D eigenvalue weighted by Crippen LogP contribution is -2.30. The number of carbonyl (C=O) groups excluding carboxylic acids is 2. The Balaban J connectivity index is 2.35. The van der Waals surface area contributed by atoms with E-state index in [0.29, 0.717) is 18.4 Å². The fourth-order valence-electron chi connectivity index (χ4n) is 3.98. The van der Waals surface area contributed by atoms with Crippen molar-refractivity contribution >= 4 is 17.6 Å². The SMILES string of the molecule is CCCCC(C)(C)CC(CCN1CC(=O)NC1=O)c1ccc([N+](=O)[O-])c(C(F)(F)F)c1. The van der Waals surface area contributed by atoms with E-state index in [4.69, 9.17) is 0 Å². The van der Waals surface area contributed by atoms with E-state index < -0.39 is 34.3 Å². The van der Waals surface area contributed by atoms with Gasteiger partial charge in [-0.25, -0.2) is 4.79 Å². The van der Waals surface area contributed by atoms with Crippen molar-refractivity contribution in [3.05, 3.63) is 39.4 Å². The second-order valence-electron chi connectivity index (χ2n) is 8.76. The summed E-state index contributed by atoms with van der Waals surface area (Å²) in [5.41, 5.74) is -2.09. The molecule has 10 heteroatoms. The van der Waals surface area contributed by atoms with E-state index in [0.717, 1.165) is 31.4 Å². The van der Waals surface area contributed by atoms with Crippen LogP contribution in [0.5, 0.6) is 0 Å². The molecule has 1 N–H and O–H groups in total. The van der Waals surface area contributed by atoms with Crippen molar-refractivity contribution in [2.75, 3.05) is 13.1 Å². The van der Waals surface area contributed by atoms with Crippen LogP contribution >= 0.6 is 0 Å². The molecule has 2 rings (SSSR count). The number of nitro groups is 1. The normalized spacial score (nSPS) is 15.9. The third-order valence-electron chi connectivity index (χ3n) is 5.62. The Morgan fingerprint density at radius 1 is 1.26 bits per heavy atom. The molecule has 1 saturated heterocycles. The van der Waals surface area contributed by atoms with Crippen LogP contribution in [-0.2, 0) is 11.0 Å². The molecule has 1 fully saturated rings. The topological polar surface area (TPSA) is 92.6 Å². The van der Waals surface area contributed by atoms with Gasteiger partial charge in [-0.1, -0.05) is 39.7 Å². The van der Waals surface area contributed by atoms with Crippen molar-refractivity contribution in [3.63, 3.8) is 0 Å². The summed E-state index contributed by atoms with van der Waals surface area (Å²) in [6.45, 7) is 6.25. The van der Waals surface area contributed by atoms with Crippen LogP contribution in [0.1, 0.15) is 69.9 Å². The fraction of sp³-hybridized carbons (Fsp3) is 0.619. The zero-order valence-electron chi connectivity index (χ0n) is 17.9. The monoisotopic (exact) mass is 443 g/mol. The number of halogens is 3. The van der Waals surface area contributed by atoms with Crippen LogP contribution in [0.3, 0.4) is 0 Å². The lowest BCUT2D eigenvalue weighted by Gasteiger charge is -2.31. The van der Waals surface area contributed by atoms with Crippen LogP contribution < -0.4 is 5.32 Å². The van der Waals surface area contributed by atoms with Crippen LogP contribution in [0.25, 0.3) is 0 Å². The first-order chi connectivity index (χ1) is 14.3. The Kier molecular flexibility index (Phi) is 7.67. The molecule has 3 amide bonds. The zero-order chi connectivity index (χ0) is 23.4. The van der Waals surface area contributed by atoms with Gasteiger partial charge in [-0.3, -0.25) is 20.2 Å². The lowest BCUT2D eigenvalue weighted by atomic mass is 9.75. The summed E-state index contributed by atoms with van der Waals surface area (Å²) in [7, 11) is 0. The number of hydrogen-bond acceptors (Lipinski definition) is 4. The van der Waals surface area contributed by atoms with Gasteiger partial charge in [0.25, 0.3) is 5.69 Å². The highest BCUT2D eigenvalue weighted by molar-refractivity contribution is 6.01. The van der Waals surface area contributed by atoms with E-state index in [-0.39, 0.29) is 24.4 Å². The van der Waals surface area contributed by atoms with Crippen molar-refractivity contribution in [2.24, 2.45) is 5.41 Å². The van der Waals surface area contributed by atoms with Gasteiger partial charge in [-0.2, -0.15) is 13.2 Å². The van der Waals surface area contributed by atoms with Gasteiger partial charge in [-0.15, -0.1) is 0 Å². The third kappa shape index (κ3) is 6.67.